The molecule has 1 aliphatic rings. The van der Waals surface area contributed by atoms with Gasteiger partial charge < -0.3 is 15.8 Å². The molecule has 5 nitrogen and oxygen atoms in total. The number of hydrogen-bond acceptors (Lipinski definition) is 5. The highest BCUT2D eigenvalue weighted by Crippen LogP contribution is 2.17. The summed E-state index contributed by atoms with van der Waals surface area (Å²) in [5, 5.41) is 16.4. The molecule has 1 fully saturated rings. The largest absolute Gasteiger partial charge is 0.409 e. The monoisotopic (exact) mass is 296 g/mol. The molecule has 0 aromatic carbocycles. The van der Waals surface area contributed by atoms with Crippen LogP contribution in [0.2, 0.25) is 0 Å². The van der Waals surface area contributed by atoms with E-state index in [0.717, 1.165) is 39.1 Å². The lowest BCUT2D eigenvalue weighted by molar-refractivity contribution is 0.0838. The van der Waals surface area contributed by atoms with Gasteiger partial charge in [-0.1, -0.05) is 5.16 Å². The van der Waals surface area contributed by atoms with E-state index in [1.54, 1.807) is 11.3 Å². The lowest BCUT2D eigenvalue weighted by Crippen LogP contribution is -2.59. The molecule has 0 amide bonds. The van der Waals surface area contributed by atoms with Crippen molar-refractivity contribution in [3.05, 3.63) is 22.4 Å². The summed E-state index contributed by atoms with van der Waals surface area (Å²) in [6.45, 7) is 9.08. The van der Waals surface area contributed by atoms with Crippen LogP contribution in [0.1, 0.15) is 19.4 Å². The molecular formula is C14H24N4OS. The van der Waals surface area contributed by atoms with Gasteiger partial charge in [-0.15, -0.1) is 0 Å². The highest BCUT2D eigenvalue weighted by molar-refractivity contribution is 7.07. The quantitative estimate of drug-likeness (QED) is 0.373. The van der Waals surface area contributed by atoms with Crippen molar-refractivity contribution < 1.29 is 5.21 Å². The van der Waals surface area contributed by atoms with Crippen LogP contribution in [-0.2, 0) is 6.42 Å². The number of oxime groups is 1. The van der Waals surface area contributed by atoms with E-state index < -0.39 is 0 Å². The van der Waals surface area contributed by atoms with E-state index in [1.165, 1.54) is 5.56 Å². The van der Waals surface area contributed by atoms with E-state index in [4.69, 9.17) is 10.9 Å². The van der Waals surface area contributed by atoms with Gasteiger partial charge in [0.05, 0.1) is 5.54 Å². The topological polar surface area (TPSA) is 65.1 Å². The summed E-state index contributed by atoms with van der Waals surface area (Å²) in [5.74, 6) is 0.282. The molecule has 1 saturated heterocycles. The van der Waals surface area contributed by atoms with Gasteiger partial charge in [-0.25, -0.2) is 0 Å². The second kappa shape index (κ2) is 6.56. The Balaban J connectivity index is 1.80. The van der Waals surface area contributed by atoms with E-state index in [-0.39, 0.29) is 11.4 Å². The first-order valence-electron chi connectivity index (χ1n) is 7.00. The van der Waals surface area contributed by atoms with Crippen LogP contribution >= 0.6 is 11.3 Å². The van der Waals surface area contributed by atoms with Crippen LogP contribution in [0.3, 0.4) is 0 Å². The second-order valence-electron chi connectivity index (χ2n) is 5.75. The molecular weight excluding hydrogens is 272 g/mol. The third kappa shape index (κ3) is 3.50. The number of thiophene rings is 1. The smallest absolute Gasteiger partial charge is 0.159 e. The van der Waals surface area contributed by atoms with Gasteiger partial charge in [0, 0.05) is 32.7 Å². The predicted octanol–water partition coefficient (Wildman–Crippen LogP) is 1.43. The lowest BCUT2D eigenvalue weighted by atomic mass is 10.00. The maximum atomic E-state index is 8.87. The fraction of sp³-hybridized carbons (Fsp3) is 0.643. The molecule has 0 radical (unpaired) electrons. The van der Waals surface area contributed by atoms with Gasteiger partial charge in [-0.05, 0) is 42.7 Å². The molecule has 6 heteroatoms. The summed E-state index contributed by atoms with van der Waals surface area (Å²) in [5.41, 5.74) is 6.83. The normalized spacial score (nSPS) is 19.4. The zero-order valence-electron chi connectivity index (χ0n) is 12.2. The molecule has 0 unspecified atom stereocenters. The minimum atomic E-state index is -0.381. The molecule has 3 N–H and O–H groups in total. The molecule has 112 valence electrons. The van der Waals surface area contributed by atoms with Crippen molar-refractivity contribution in [1.29, 1.82) is 0 Å². The molecule has 2 heterocycles. The van der Waals surface area contributed by atoms with Crippen molar-refractivity contribution >= 4 is 17.2 Å². The zero-order chi connectivity index (χ0) is 14.6. The third-order valence-corrected chi connectivity index (χ3v) is 4.93. The Hall–Kier alpha value is -1.11. The first kappa shape index (κ1) is 15.3. The Kier molecular flexibility index (Phi) is 5.01. The molecule has 1 aliphatic heterocycles. The maximum Gasteiger partial charge on any atom is 0.159 e. The summed E-state index contributed by atoms with van der Waals surface area (Å²) < 4.78 is 0. The lowest BCUT2D eigenvalue weighted by Gasteiger charge is -2.43. The van der Waals surface area contributed by atoms with Crippen LogP contribution in [0.4, 0.5) is 0 Å². The van der Waals surface area contributed by atoms with E-state index in [2.05, 4.69) is 31.8 Å². The van der Waals surface area contributed by atoms with Crippen molar-refractivity contribution in [2.75, 3.05) is 32.7 Å². The van der Waals surface area contributed by atoms with Gasteiger partial charge in [0.1, 0.15) is 0 Å². The van der Waals surface area contributed by atoms with Crippen LogP contribution in [0.25, 0.3) is 0 Å². The zero-order valence-corrected chi connectivity index (χ0v) is 13.1. The third-order valence-electron chi connectivity index (χ3n) is 4.19. The van der Waals surface area contributed by atoms with E-state index in [9.17, 15) is 0 Å². The van der Waals surface area contributed by atoms with E-state index >= 15 is 0 Å². The predicted molar refractivity (Wildman–Crippen MR) is 83.5 cm³/mol. The fourth-order valence-corrected chi connectivity index (χ4v) is 3.24. The van der Waals surface area contributed by atoms with Gasteiger partial charge in [-0.3, -0.25) is 4.90 Å². The molecule has 0 spiro atoms. The Morgan fingerprint density at radius 2 is 2.10 bits per heavy atom. The number of nitrogens with two attached hydrogens (primary N) is 1. The van der Waals surface area contributed by atoms with Gasteiger partial charge in [0.15, 0.2) is 5.84 Å². The molecule has 2 rings (SSSR count). The average Bonchev–Trinajstić information content (AvgIpc) is 2.98. The summed E-state index contributed by atoms with van der Waals surface area (Å²) in [6.07, 6.45) is 1.12. The Bertz CT molecular complexity index is 436. The SMILES string of the molecule is CC(C)(C(N)=NO)N1CCN(CCc2ccsc2)CC1. The summed E-state index contributed by atoms with van der Waals surface area (Å²) in [7, 11) is 0. The molecule has 0 aliphatic carbocycles. The van der Waals surface area contributed by atoms with Gasteiger partial charge in [0.2, 0.25) is 0 Å². The Morgan fingerprint density at radius 1 is 1.40 bits per heavy atom. The highest BCUT2D eigenvalue weighted by Gasteiger charge is 2.33. The van der Waals surface area contributed by atoms with Gasteiger partial charge in [0.25, 0.3) is 0 Å². The van der Waals surface area contributed by atoms with Crippen molar-refractivity contribution in [1.82, 2.24) is 9.80 Å². The van der Waals surface area contributed by atoms with Crippen LogP contribution in [0.15, 0.2) is 22.0 Å². The number of nitrogens with zero attached hydrogens (tertiary/aromatic N) is 3. The molecule has 0 atom stereocenters. The Labute approximate surface area is 124 Å². The van der Waals surface area contributed by atoms with Crippen molar-refractivity contribution in [3.8, 4) is 0 Å². The number of piperazine rings is 1. The number of amidine groups is 1. The first-order valence-corrected chi connectivity index (χ1v) is 7.95. The molecule has 20 heavy (non-hydrogen) atoms. The molecule has 0 saturated carbocycles. The standard InChI is InChI=1S/C14H24N4OS/c1-14(2,13(15)16-19)18-8-6-17(7-9-18)5-3-12-4-10-20-11-12/h4,10-11,19H,3,5-9H2,1-2H3,(H2,15,16). The fourth-order valence-electron chi connectivity index (χ4n) is 2.54. The van der Waals surface area contributed by atoms with Crippen molar-refractivity contribution in [2.24, 2.45) is 10.9 Å². The van der Waals surface area contributed by atoms with Crippen LogP contribution in [0, 0.1) is 0 Å². The van der Waals surface area contributed by atoms with Crippen molar-refractivity contribution in [2.45, 2.75) is 25.8 Å². The molecule has 1 aromatic rings. The summed E-state index contributed by atoms with van der Waals surface area (Å²) in [4.78, 5) is 4.76. The second-order valence-corrected chi connectivity index (χ2v) is 6.53. The molecule has 1 aromatic heterocycles. The highest BCUT2D eigenvalue weighted by atomic mass is 32.1. The number of hydrogen-bond donors (Lipinski definition) is 2. The number of rotatable bonds is 5. The van der Waals surface area contributed by atoms with Gasteiger partial charge in [-0.2, -0.15) is 11.3 Å². The molecule has 0 bridgehead atoms. The summed E-state index contributed by atoms with van der Waals surface area (Å²) in [6, 6.07) is 2.20. The van der Waals surface area contributed by atoms with E-state index in [0.29, 0.717) is 0 Å². The van der Waals surface area contributed by atoms with E-state index in [1.807, 2.05) is 13.8 Å². The summed E-state index contributed by atoms with van der Waals surface area (Å²) >= 11 is 1.76. The minimum absolute atomic E-state index is 0.282. The van der Waals surface area contributed by atoms with Gasteiger partial charge >= 0.3 is 0 Å². The van der Waals surface area contributed by atoms with Crippen LogP contribution in [0.5, 0.6) is 0 Å². The van der Waals surface area contributed by atoms with Crippen LogP contribution in [-0.4, -0.2) is 59.1 Å². The maximum absolute atomic E-state index is 8.87. The average molecular weight is 296 g/mol. The minimum Gasteiger partial charge on any atom is -0.409 e. The van der Waals surface area contributed by atoms with Crippen LogP contribution < -0.4 is 5.73 Å². The van der Waals surface area contributed by atoms with Crippen molar-refractivity contribution in [3.63, 3.8) is 0 Å². The Morgan fingerprint density at radius 3 is 2.65 bits per heavy atom. The first-order chi connectivity index (χ1) is 9.54.